The summed E-state index contributed by atoms with van der Waals surface area (Å²) >= 11 is 0. The SMILES string of the molecule is Cc1cccnc1CC(N)c1ccc2ccccc2c1. The summed E-state index contributed by atoms with van der Waals surface area (Å²) in [5.74, 6) is 0. The van der Waals surface area contributed by atoms with Gasteiger partial charge in [0.1, 0.15) is 0 Å². The molecular formula is C18H18N2. The zero-order valence-electron chi connectivity index (χ0n) is 11.6. The first kappa shape index (κ1) is 12.8. The van der Waals surface area contributed by atoms with E-state index in [4.69, 9.17) is 5.73 Å². The molecule has 2 aromatic carbocycles. The number of hydrogen-bond donors (Lipinski definition) is 1. The number of fused-ring (bicyclic) bond motifs is 1. The lowest BCUT2D eigenvalue weighted by atomic mass is 9.98. The first-order valence-corrected chi connectivity index (χ1v) is 6.89. The highest BCUT2D eigenvalue weighted by molar-refractivity contribution is 5.83. The van der Waals surface area contributed by atoms with Crippen molar-refractivity contribution < 1.29 is 0 Å². The Morgan fingerprint density at radius 1 is 1.00 bits per heavy atom. The van der Waals surface area contributed by atoms with E-state index in [0.29, 0.717) is 0 Å². The maximum absolute atomic E-state index is 6.35. The molecule has 0 aliphatic heterocycles. The van der Waals surface area contributed by atoms with Gasteiger partial charge in [-0.25, -0.2) is 0 Å². The van der Waals surface area contributed by atoms with Crippen LogP contribution in [-0.2, 0) is 6.42 Å². The third kappa shape index (κ3) is 2.56. The van der Waals surface area contributed by atoms with Gasteiger partial charge in [-0.05, 0) is 41.0 Å². The van der Waals surface area contributed by atoms with E-state index in [0.717, 1.165) is 17.7 Å². The summed E-state index contributed by atoms with van der Waals surface area (Å²) in [6.45, 7) is 2.08. The minimum Gasteiger partial charge on any atom is -0.324 e. The molecule has 1 heterocycles. The second-order valence-electron chi connectivity index (χ2n) is 5.18. The van der Waals surface area contributed by atoms with Crippen LogP contribution in [0, 0.1) is 6.92 Å². The highest BCUT2D eigenvalue weighted by atomic mass is 14.7. The van der Waals surface area contributed by atoms with Crippen LogP contribution in [0.15, 0.2) is 60.8 Å². The van der Waals surface area contributed by atoms with Gasteiger partial charge in [0.2, 0.25) is 0 Å². The van der Waals surface area contributed by atoms with Crippen molar-refractivity contribution in [3.05, 3.63) is 77.6 Å². The summed E-state index contributed by atoms with van der Waals surface area (Å²) in [5, 5.41) is 2.48. The van der Waals surface area contributed by atoms with E-state index in [-0.39, 0.29) is 6.04 Å². The van der Waals surface area contributed by atoms with E-state index in [2.05, 4.69) is 60.4 Å². The normalized spacial score (nSPS) is 12.5. The van der Waals surface area contributed by atoms with E-state index in [1.807, 2.05) is 12.3 Å². The summed E-state index contributed by atoms with van der Waals surface area (Å²) < 4.78 is 0. The van der Waals surface area contributed by atoms with Crippen LogP contribution in [0.25, 0.3) is 10.8 Å². The van der Waals surface area contributed by atoms with Crippen molar-refractivity contribution in [1.29, 1.82) is 0 Å². The molecule has 0 bridgehead atoms. The number of hydrogen-bond acceptors (Lipinski definition) is 2. The third-order valence-corrected chi connectivity index (χ3v) is 3.73. The Morgan fingerprint density at radius 3 is 2.60 bits per heavy atom. The molecule has 1 atom stereocenters. The molecule has 0 saturated heterocycles. The maximum atomic E-state index is 6.35. The van der Waals surface area contributed by atoms with E-state index in [1.165, 1.54) is 16.3 Å². The molecule has 3 rings (SSSR count). The van der Waals surface area contributed by atoms with Crippen LogP contribution in [-0.4, -0.2) is 4.98 Å². The topological polar surface area (TPSA) is 38.9 Å². The minimum atomic E-state index is -0.0202. The van der Waals surface area contributed by atoms with Gasteiger partial charge < -0.3 is 5.73 Å². The molecule has 0 amide bonds. The second-order valence-corrected chi connectivity index (χ2v) is 5.18. The number of nitrogens with two attached hydrogens (primary N) is 1. The second kappa shape index (κ2) is 5.43. The zero-order valence-corrected chi connectivity index (χ0v) is 11.6. The predicted octanol–water partition coefficient (Wildman–Crippen LogP) is 3.79. The standard InChI is InChI=1S/C18H18N2/c1-13-5-4-10-20-18(13)12-17(19)16-9-8-14-6-2-3-7-15(14)11-16/h2-11,17H,12,19H2,1H3. The molecule has 0 saturated carbocycles. The fourth-order valence-corrected chi connectivity index (χ4v) is 2.50. The largest absolute Gasteiger partial charge is 0.324 e. The number of rotatable bonds is 3. The molecule has 0 spiro atoms. The first-order valence-electron chi connectivity index (χ1n) is 6.89. The molecular weight excluding hydrogens is 244 g/mol. The van der Waals surface area contributed by atoms with Crippen molar-refractivity contribution in [1.82, 2.24) is 4.98 Å². The van der Waals surface area contributed by atoms with E-state index in [1.54, 1.807) is 0 Å². The molecule has 3 aromatic rings. The third-order valence-electron chi connectivity index (χ3n) is 3.73. The fourth-order valence-electron chi connectivity index (χ4n) is 2.50. The van der Waals surface area contributed by atoms with Crippen LogP contribution in [0.5, 0.6) is 0 Å². The van der Waals surface area contributed by atoms with Gasteiger partial charge in [-0.1, -0.05) is 42.5 Å². The van der Waals surface area contributed by atoms with Crippen LogP contribution in [0.3, 0.4) is 0 Å². The Kier molecular flexibility index (Phi) is 3.48. The van der Waals surface area contributed by atoms with Crippen molar-refractivity contribution in [2.24, 2.45) is 5.73 Å². The van der Waals surface area contributed by atoms with Gasteiger partial charge in [-0.15, -0.1) is 0 Å². The van der Waals surface area contributed by atoms with Crippen molar-refractivity contribution >= 4 is 10.8 Å². The molecule has 0 radical (unpaired) electrons. The summed E-state index contributed by atoms with van der Waals surface area (Å²) in [6.07, 6.45) is 2.60. The van der Waals surface area contributed by atoms with Crippen molar-refractivity contribution in [3.63, 3.8) is 0 Å². The summed E-state index contributed by atoms with van der Waals surface area (Å²) in [4.78, 5) is 4.43. The molecule has 2 heteroatoms. The van der Waals surface area contributed by atoms with Crippen molar-refractivity contribution in [2.75, 3.05) is 0 Å². The van der Waals surface area contributed by atoms with Gasteiger partial charge in [0, 0.05) is 24.4 Å². The number of aromatic nitrogens is 1. The predicted molar refractivity (Wildman–Crippen MR) is 83.6 cm³/mol. The molecule has 2 N–H and O–H groups in total. The molecule has 2 nitrogen and oxygen atoms in total. The van der Waals surface area contributed by atoms with Crippen LogP contribution in [0.1, 0.15) is 22.9 Å². The van der Waals surface area contributed by atoms with Crippen LogP contribution < -0.4 is 5.73 Å². The van der Waals surface area contributed by atoms with Gasteiger partial charge in [0.25, 0.3) is 0 Å². The van der Waals surface area contributed by atoms with Gasteiger partial charge in [0.15, 0.2) is 0 Å². The zero-order chi connectivity index (χ0) is 13.9. The van der Waals surface area contributed by atoms with E-state index >= 15 is 0 Å². The number of aryl methyl sites for hydroxylation is 1. The number of pyridine rings is 1. The molecule has 0 aliphatic carbocycles. The van der Waals surface area contributed by atoms with Crippen LogP contribution in [0.2, 0.25) is 0 Å². The monoisotopic (exact) mass is 262 g/mol. The highest BCUT2D eigenvalue weighted by Gasteiger charge is 2.10. The minimum absolute atomic E-state index is 0.0202. The lowest BCUT2D eigenvalue weighted by Crippen LogP contribution is -2.14. The first-order chi connectivity index (χ1) is 9.74. The van der Waals surface area contributed by atoms with Gasteiger partial charge in [0.05, 0.1) is 0 Å². The molecule has 1 unspecified atom stereocenters. The van der Waals surface area contributed by atoms with Crippen LogP contribution in [0.4, 0.5) is 0 Å². The molecule has 100 valence electrons. The molecule has 0 fully saturated rings. The molecule has 0 aliphatic rings. The Hall–Kier alpha value is -2.19. The Bertz CT molecular complexity index is 734. The van der Waals surface area contributed by atoms with Gasteiger partial charge in [-0.3, -0.25) is 4.98 Å². The van der Waals surface area contributed by atoms with Crippen molar-refractivity contribution in [3.8, 4) is 0 Å². The molecule has 20 heavy (non-hydrogen) atoms. The summed E-state index contributed by atoms with van der Waals surface area (Å²) in [5.41, 5.74) is 9.78. The van der Waals surface area contributed by atoms with E-state index in [9.17, 15) is 0 Å². The summed E-state index contributed by atoms with van der Waals surface area (Å²) in [6, 6.07) is 18.8. The average Bonchev–Trinajstić information content (AvgIpc) is 2.49. The number of nitrogens with zero attached hydrogens (tertiary/aromatic N) is 1. The quantitative estimate of drug-likeness (QED) is 0.780. The summed E-state index contributed by atoms with van der Waals surface area (Å²) in [7, 11) is 0. The smallest absolute Gasteiger partial charge is 0.0451 e. The van der Waals surface area contributed by atoms with Crippen LogP contribution >= 0.6 is 0 Å². The Labute approximate surface area is 119 Å². The maximum Gasteiger partial charge on any atom is 0.0451 e. The van der Waals surface area contributed by atoms with E-state index < -0.39 is 0 Å². The molecule has 1 aromatic heterocycles. The Balaban J connectivity index is 1.89. The highest BCUT2D eigenvalue weighted by Crippen LogP contribution is 2.22. The van der Waals surface area contributed by atoms with Crippen molar-refractivity contribution in [2.45, 2.75) is 19.4 Å². The lowest BCUT2D eigenvalue weighted by Gasteiger charge is -2.14. The van der Waals surface area contributed by atoms with Gasteiger partial charge in [-0.2, -0.15) is 0 Å². The lowest BCUT2D eigenvalue weighted by molar-refractivity contribution is 0.703. The number of benzene rings is 2. The van der Waals surface area contributed by atoms with Gasteiger partial charge >= 0.3 is 0 Å². The average molecular weight is 262 g/mol. The fraction of sp³-hybridized carbons (Fsp3) is 0.167. The Morgan fingerprint density at radius 2 is 1.80 bits per heavy atom.